The lowest BCUT2D eigenvalue weighted by Gasteiger charge is -2.12. The number of quaternary nitrogens is 1. The molecular formula is C20H24N3O3+. The van der Waals surface area contributed by atoms with Crippen molar-refractivity contribution in [3.05, 3.63) is 54.1 Å². The molecule has 1 heterocycles. The van der Waals surface area contributed by atoms with Crippen LogP contribution in [-0.2, 0) is 4.79 Å². The Bertz CT molecular complexity index is 751. The zero-order valence-corrected chi connectivity index (χ0v) is 14.9. The van der Waals surface area contributed by atoms with Crippen LogP contribution in [0, 0.1) is 0 Å². The normalized spacial score (nSPS) is 14.0. The van der Waals surface area contributed by atoms with Crippen LogP contribution in [0.3, 0.4) is 0 Å². The van der Waals surface area contributed by atoms with Crippen LogP contribution < -0.4 is 20.3 Å². The number of likely N-dealkylation sites (tertiary alicyclic amines) is 1. The first-order chi connectivity index (χ1) is 12.6. The number of hydrogen-bond donors (Lipinski definition) is 3. The van der Waals surface area contributed by atoms with Gasteiger partial charge in [-0.2, -0.15) is 0 Å². The van der Waals surface area contributed by atoms with Gasteiger partial charge in [-0.1, -0.05) is 0 Å². The third-order valence-electron chi connectivity index (χ3n) is 4.50. The number of nitrogens with one attached hydrogen (secondary N) is 3. The van der Waals surface area contributed by atoms with E-state index in [1.165, 1.54) is 17.7 Å². The number of carbonyl (C=O) groups is 2. The molecule has 1 saturated heterocycles. The number of anilines is 2. The molecule has 2 amide bonds. The fourth-order valence-corrected chi connectivity index (χ4v) is 3.07. The van der Waals surface area contributed by atoms with Crippen molar-refractivity contribution in [3.8, 4) is 5.75 Å². The standard InChI is InChI=1S/C20H23N3O3/c1-26-18-10-8-17(9-11-18)22-20(25)15-4-6-16(7-5-15)21-19(24)14-23-12-2-3-13-23/h4-11H,2-3,12-14H2,1H3,(H,21,24)(H,22,25)/p+1. The van der Waals surface area contributed by atoms with Crippen molar-refractivity contribution < 1.29 is 19.2 Å². The van der Waals surface area contributed by atoms with E-state index in [9.17, 15) is 9.59 Å². The first-order valence-corrected chi connectivity index (χ1v) is 8.83. The second-order valence-corrected chi connectivity index (χ2v) is 6.44. The van der Waals surface area contributed by atoms with E-state index >= 15 is 0 Å². The summed E-state index contributed by atoms with van der Waals surface area (Å²) in [6, 6.07) is 14.1. The summed E-state index contributed by atoms with van der Waals surface area (Å²) in [6.07, 6.45) is 2.39. The summed E-state index contributed by atoms with van der Waals surface area (Å²) in [5.41, 5.74) is 1.93. The smallest absolute Gasteiger partial charge is 0.279 e. The summed E-state index contributed by atoms with van der Waals surface area (Å²) in [6.45, 7) is 2.63. The van der Waals surface area contributed by atoms with E-state index in [4.69, 9.17) is 4.74 Å². The van der Waals surface area contributed by atoms with Crippen LogP contribution in [0.25, 0.3) is 0 Å². The SMILES string of the molecule is COc1ccc(NC(=O)c2ccc(NC(=O)C[NH+]3CCCC3)cc2)cc1. The Morgan fingerprint density at radius 3 is 2.12 bits per heavy atom. The molecule has 1 aliphatic rings. The van der Waals surface area contributed by atoms with Gasteiger partial charge in [0.1, 0.15) is 5.75 Å². The number of amides is 2. The highest BCUT2D eigenvalue weighted by atomic mass is 16.5. The topological polar surface area (TPSA) is 71.9 Å². The summed E-state index contributed by atoms with van der Waals surface area (Å²) in [4.78, 5) is 25.7. The zero-order chi connectivity index (χ0) is 18.4. The minimum Gasteiger partial charge on any atom is -0.497 e. The summed E-state index contributed by atoms with van der Waals surface area (Å²) in [5, 5.41) is 5.72. The van der Waals surface area contributed by atoms with E-state index in [-0.39, 0.29) is 11.8 Å². The maximum Gasteiger partial charge on any atom is 0.279 e. The molecule has 136 valence electrons. The van der Waals surface area contributed by atoms with Crippen LogP contribution in [0.15, 0.2) is 48.5 Å². The fourth-order valence-electron chi connectivity index (χ4n) is 3.07. The predicted molar refractivity (Wildman–Crippen MR) is 101 cm³/mol. The van der Waals surface area contributed by atoms with Gasteiger partial charge in [0.15, 0.2) is 6.54 Å². The molecule has 3 rings (SSSR count). The largest absolute Gasteiger partial charge is 0.497 e. The maximum atomic E-state index is 12.3. The Hall–Kier alpha value is -2.86. The van der Waals surface area contributed by atoms with Crippen molar-refractivity contribution in [2.24, 2.45) is 0 Å². The van der Waals surface area contributed by atoms with Crippen LogP contribution in [0.5, 0.6) is 5.75 Å². The lowest BCUT2D eigenvalue weighted by Crippen LogP contribution is -3.11. The molecule has 1 fully saturated rings. The number of methoxy groups -OCH3 is 1. The van der Waals surface area contributed by atoms with E-state index in [2.05, 4.69) is 10.6 Å². The zero-order valence-electron chi connectivity index (χ0n) is 14.9. The third-order valence-corrected chi connectivity index (χ3v) is 4.50. The van der Waals surface area contributed by atoms with Gasteiger partial charge in [0.2, 0.25) is 0 Å². The molecule has 1 aliphatic heterocycles. The van der Waals surface area contributed by atoms with Crippen molar-refractivity contribution >= 4 is 23.2 Å². The molecule has 0 aliphatic carbocycles. The second-order valence-electron chi connectivity index (χ2n) is 6.44. The van der Waals surface area contributed by atoms with Crippen molar-refractivity contribution in [3.63, 3.8) is 0 Å². The number of rotatable bonds is 6. The van der Waals surface area contributed by atoms with Crippen LogP contribution in [-0.4, -0.2) is 38.6 Å². The number of ether oxygens (including phenoxy) is 1. The summed E-state index contributed by atoms with van der Waals surface area (Å²) in [7, 11) is 1.60. The predicted octanol–water partition coefficient (Wildman–Crippen LogP) is 1.56. The monoisotopic (exact) mass is 354 g/mol. The average Bonchev–Trinajstić information content (AvgIpc) is 3.15. The summed E-state index contributed by atoms with van der Waals surface area (Å²) < 4.78 is 5.10. The molecule has 0 unspecified atom stereocenters. The van der Waals surface area contributed by atoms with Gasteiger partial charge in [-0.05, 0) is 48.5 Å². The number of benzene rings is 2. The number of hydrogen-bond acceptors (Lipinski definition) is 3. The van der Waals surface area contributed by atoms with E-state index < -0.39 is 0 Å². The Morgan fingerprint density at radius 1 is 0.923 bits per heavy atom. The van der Waals surface area contributed by atoms with Gasteiger partial charge in [-0.15, -0.1) is 0 Å². The lowest BCUT2D eigenvalue weighted by atomic mass is 10.2. The van der Waals surface area contributed by atoms with Gasteiger partial charge < -0.3 is 20.3 Å². The Labute approximate surface area is 153 Å². The second kappa shape index (κ2) is 8.49. The van der Waals surface area contributed by atoms with Crippen LogP contribution >= 0.6 is 0 Å². The molecule has 0 saturated carbocycles. The molecule has 0 bridgehead atoms. The summed E-state index contributed by atoms with van der Waals surface area (Å²) in [5.74, 6) is 0.547. The molecule has 0 atom stereocenters. The highest BCUT2D eigenvalue weighted by Crippen LogP contribution is 2.16. The van der Waals surface area contributed by atoms with E-state index in [1.807, 2.05) is 0 Å². The van der Waals surface area contributed by atoms with Crippen molar-refractivity contribution in [1.82, 2.24) is 0 Å². The quantitative estimate of drug-likeness (QED) is 0.737. The summed E-state index contributed by atoms with van der Waals surface area (Å²) >= 11 is 0. The average molecular weight is 354 g/mol. The van der Waals surface area contributed by atoms with Crippen LogP contribution in [0.2, 0.25) is 0 Å². The van der Waals surface area contributed by atoms with Crippen LogP contribution in [0.1, 0.15) is 23.2 Å². The molecule has 2 aromatic rings. The molecule has 26 heavy (non-hydrogen) atoms. The highest BCUT2D eigenvalue weighted by molar-refractivity contribution is 6.04. The minimum absolute atomic E-state index is 0.0114. The van der Waals surface area contributed by atoms with Gasteiger partial charge in [0.25, 0.3) is 11.8 Å². The Balaban J connectivity index is 1.54. The minimum atomic E-state index is -0.199. The Kier molecular flexibility index (Phi) is 5.86. The van der Waals surface area contributed by atoms with Crippen molar-refractivity contribution in [2.75, 3.05) is 37.4 Å². The number of carbonyl (C=O) groups excluding carboxylic acids is 2. The molecule has 3 N–H and O–H groups in total. The van der Waals surface area contributed by atoms with E-state index in [1.54, 1.807) is 55.6 Å². The van der Waals surface area contributed by atoms with E-state index in [0.29, 0.717) is 23.5 Å². The molecule has 2 aromatic carbocycles. The molecular weight excluding hydrogens is 330 g/mol. The maximum absolute atomic E-state index is 12.3. The Morgan fingerprint density at radius 2 is 1.50 bits per heavy atom. The van der Waals surface area contributed by atoms with Gasteiger partial charge in [0.05, 0.1) is 20.2 Å². The fraction of sp³-hybridized carbons (Fsp3) is 0.300. The lowest BCUT2D eigenvalue weighted by molar-refractivity contribution is -0.878. The highest BCUT2D eigenvalue weighted by Gasteiger charge is 2.18. The van der Waals surface area contributed by atoms with E-state index in [0.717, 1.165) is 18.8 Å². The molecule has 0 aromatic heterocycles. The van der Waals surface area contributed by atoms with Gasteiger partial charge in [-0.3, -0.25) is 9.59 Å². The molecule has 0 spiro atoms. The molecule has 0 radical (unpaired) electrons. The first kappa shape index (κ1) is 17.9. The first-order valence-electron chi connectivity index (χ1n) is 8.83. The molecule has 6 nitrogen and oxygen atoms in total. The van der Waals surface area contributed by atoms with Gasteiger partial charge >= 0.3 is 0 Å². The third kappa shape index (κ3) is 4.83. The van der Waals surface area contributed by atoms with Crippen molar-refractivity contribution in [1.29, 1.82) is 0 Å². The van der Waals surface area contributed by atoms with Gasteiger partial charge in [-0.25, -0.2) is 0 Å². The molecule has 6 heteroatoms. The van der Waals surface area contributed by atoms with Crippen LogP contribution in [0.4, 0.5) is 11.4 Å². The van der Waals surface area contributed by atoms with Crippen molar-refractivity contribution in [2.45, 2.75) is 12.8 Å². The van der Waals surface area contributed by atoms with Gasteiger partial charge in [0, 0.05) is 29.8 Å².